The Labute approximate surface area is 129 Å². The number of rotatable bonds is 6. The lowest BCUT2D eigenvalue weighted by Gasteiger charge is -2.42. The molecule has 1 heterocycles. The van der Waals surface area contributed by atoms with E-state index in [0.717, 1.165) is 6.92 Å². The highest BCUT2D eigenvalue weighted by molar-refractivity contribution is 7.60. The molecule has 0 aromatic heterocycles. The third kappa shape index (κ3) is 6.18. The number of carbonyl (C=O) groups is 1. The van der Waals surface area contributed by atoms with Gasteiger partial charge in [0.15, 0.2) is 6.29 Å². The van der Waals surface area contributed by atoms with Gasteiger partial charge in [-0.15, -0.1) is 0 Å². The number of phosphoric ester groups is 1. The van der Waals surface area contributed by atoms with Gasteiger partial charge in [0.25, 0.3) is 0 Å². The summed E-state index contributed by atoms with van der Waals surface area (Å²) in [6.07, 6.45) is -6.84. The summed E-state index contributed by atoms with van der Waals surface area (Å²) in [6, 6.07) is -1.58. The monoisotopic (exact) mass is 381 g/mol. The molecule has 6 atom stereocenters. The van der Waals surface area contributed by atoms with Crippen LogP contribution in [0.2, 0.25) is 0 Å². The van der Waals surface area contributed by atoms with E-state index in [-0.39, 0.29) is 0 Å². The van der Waals surface area contributed by atoms with Crippen molar-refractivity contribution in [3.05, 3.63) is 0 Å². The van der Waals surface area contributed by atoms with Crippen molar-refractivity contribution in [1.29, 1.82) is 0 Å². The Hall–Kier alpha value is -0.430. The molecule has 0 aromatic rings. The molecule has 0 saturated carbocycles. The molecule has 23 heavy (non-hydrogen) atoms. The van der Waals surface area contributed by atoms with Crippen LogP contribution in [0.3, 0.4) is 0 Å². The molecule has 1 saturated heterocycles. The Morgan fingerprint density at radius 2 is 1.78 bits per heavy atom. The zero-order valence-electron chi connectivity index (χ0n) is 11.6. The molecule has 0 radical (unpaired) electrons. The second-order valence-electron chi connectivity index (χ2n) is 4.58. The first-order valence-electron chi connectivity index (χ1n) is 6.04. The number of phosphoric acid groups is 2. The number of nitrogens with one attached hydrogen (secondary N) is 1. The second kappa shape index (κ2) is 7.64. The molecule has 136 valence electrons. The van der Waals surface area contributed by atoms with Gasteiger partial charge in [-0.2, -0.15) is 4.31 Å². The number of aliphatic hydroxyl groups excluding tert-OH is 3. The van der Waals surface area contributed by atoms with Crippen LogP contribution in [0.4, 0.5) is 0 Å². The van der Waals surface area contributed by atoms with Gasteiger partial charge < -0.3 is 40.1 Å². The SMILES string of the molecule is CC(=O)N[C@H]1C(OP(=O)(O)OP(=O)(O)O)O[C@H](CO)[C@H](O)[C@@H]1O. The van der Waals surface area contributed by atoms with Gasteiger partial charge in [0.05, 0.1) is 6.61 Å². The van der Waals surface area contributed by atoms with Crippen LogP contribution in [0.15, 0.2) is 0 Å². The van der Waals surface area contributed by atoms with Gasteiger partial charge in [0.1, 0.15) is 24.4 Å². The molecule has 7 N–H and O–H groups in total. The molecule has 2 unspecified atom stereocenters. The first-order chi connectivity index (χ1) is 10.4. The third-order valence-electron chi connectivity index (χ3n) is 2.70. The molecular formula is C8H17NO12P2. The Morgan fingerprint density at radius 1 is 1.22 bits per heavy atom. The molecule has 1 rings (SSSR count). The van der Waals surface area contributed by atoms with Crippen molar-refractivity contribution in [2.75, 3.05) is 6.61 Å². The quantitative estimate of drug-likeness (QED) is 0.232. The fourth-order valence-electron chi connectivity index (χ4n) is 1.85. The lowest BCUT2D eigenvalue weighted by Crippen LogP contribution is -2.64. The summed E-state index contributed by atoms with van der Waals surface area (Å²) < 4.78 is 35.0. The summed E-state index contributed by atoms with van der Waals surface area (Å²) in [5.74, 6) is -0.732. The fourth-order valence-corrected chi connectivity index (χ4v) is 3.52. The van der Waals surface area contributed by atoms with Crippen LogP contribution >= 0.6 is 15.6 Å². The van der Waals surface area contributed by atoms with Crippen molar-refractivity contribution >= 4 is 21.6 Å². The van der Waals surface area contributed by atoms with Crippen molar-refractivity contribution in [2.24, 2.45) is 0 Å². The lowest BCUT2D eigenvalue weighted by atomic mass is 9.97. The van der Waals surface area contributed by atoms with Crippen molar-refractivity contribution in [1.82, 2.24) is 5.32 Å². The van der Waals surface area contributed by atoms with Crippen molar-refractivity contribution in [3.63, 3.8) is 0 Å². The van der Waals surface area contributed by atoms with E-state index in [1.165, 1.54) is 0 Å². The standard InChI is InChI=1S/C8H17NO12P2/c1-3(11)9-5-7(13)6(12)4(2-10)19-8(5)20-23(17,18)21-22(14,15)16/h4-8,10,12-13H,2H2,1H3,(H,9,11)(H,17,18)(H2,14,15,16)/t4-,5-,6+,7-,8?/m1/s1. The number of hydrogen-bond acceptors (Lipinski definition) is 9. The van der Waals surface area contributed by atoms with E-state index in [2.05, 4.69) is 14.2 Å². The summed E-state index contributed by atoms with van der Waals surface area (Å²) in [5, 5.41) is 30.7. The summed E-state index contributed by atoms with van der Waals surface area (Å²) in [6.45, 7) is 0.207. The topological polar surface area (TPSA) is 212 Å². The zero-order valence-corrected chi connectivity index (χ0v) is 13.4. The molecule has 0 aromatic carbocycles. The van der Waals surface area contributed by atoms with Crippen LogP contribution in [0.5, 0.6) is 0 Å². The van der Waals surface area contributed by atoms with E-state index < -0.39 is 58.8 Å². The maximum absolute atomic E-state index is 11.5. The first-order valence-corrected chi connectivity index (χ1v) is 9.06. The lowest BCUT2D eigenvalue weighted by molar-refractivity contribution is -0.247. The average Bonchev–Trinajstić information content (AvgIpc) is 2.34. The van der Waals surface area contributed by atoms with Crippen LogP contribution in [0.1, 0.15) is 6.92 Å². The van der Waals surface area contributed by atoms with Gasteiger partial charge in [0, 0.05) is 6.92 Å². The highest BCUT2D eigenvalue weighted by Gasteiger charge is 2.48. The van der Waals surface area contributed by atoms with Gasteiger partial charge in [-0.1, -0.05) is 0 Å². The van der Waals surface area contributed by atoms with E-state index >= 15 is 0 Å². The van der Waals surface area contributed by atoms with Crippen LogP contribution in [0.25, 0.3) is 0 Å². The van der Waals surface area contributed by atoms with Crippen LogP contribution in [-0.2, 0) is 27.5 Å². The minimum absolute atomic E-state index is 0.732. The maximum atomic E-state index is 11.5. The fraction of sp³-hybridized carbons (Fsp3) is 0.875. The number of hydrogen-bond donors (Lipinski definition) is 7. The van der Waals surface area contributed by atoms with E-state index in [1.807, 2.05) is 0 Å². The van der Waals surface area contributed by atoms with Crippen molar-refractivity contribution < 1.29 is 57.5 Å². The molecular weight excluding hydrogens is 364 g/mol. The molecule has 1 fully saturated rings. The molecule has 1 aliphatic rings. The highest BCUT2D eigenvalue weighted by Crippen LogP contribution is 2.58. The van der Waals surface area contributed by atoms with Gasteiger partial charge in [-0.3, -0.25) is 9.32 Å². The van der Waals surface area contributed by atoms with E-state index in [0.29, 0.717) is 0 Å². The van der Waals surface area contributed by atoms with Gasteiger partial charge >= 0.3 is 15.6 Å². The van der Waals surface area contributed by atoms with E-state index in [1.54, 1.807) is 0 Å². The van der Waals surface area contributed by atoms with Gasteiger partial charge in [-0.05, 0) is 0 Å². The Morgan fingerprint density at radius 3 is 2.22 bits per heavy atom. The normalized spacial score (nSPS) is 34.7. The number of carbonyl (C=O) groups excluding carboxylic acids is 1. The molecule has 1 aliphatic heterocycles. The van der Waals surface area contributed by atoms with Gasteiger partial charge in [0.2, 0.25) is 5.91 Å². The number of ether oxygens (including phenoxy) is 1. The molecule has 0 bridgehead atoms. The van der Waals surface area contributed by atoms with Crippen LogP contribution < -0.4 is 5.32 Å². The van der Waals surface area contributed by atoms with E-state index in [9.17, 15) is 29.0 Å². The summed E-state index contributed by atoms with van der Waals surface area (Å²) in [7, 11) is -10.8. The zero-order chi connectivity index (χ0) is 18.0. The molecule has 15 heteroatoms. The summed E-state index contributed by atoms with van der Waals surface area (Å²) in [4.78, 5) is 37.4. The summed E-state index contributed by atoms with van der Waals surface area (Å²) >= 11 is 0. The minimum atomic E-state index is -5.39. The smallest absolute Gasteiger partial charge is 0.394 e. The average molecular weight is 381 g/mol. The summed E-state index contributed by atoms with van der Waals surface area (Å²) in [5.41, 5.74) is 0. The Balaban J connectivity index is 2.99. The Kier molecular flexibility index (Phi) is 6.84. The molecule has 1 amide bonds. The van der Waals surface area contributed by atoms with E-state index in [4.69, 9.17) is 19.6 Å². The van der Waals surface area contributed by atoms with Crippen molar-refractivity contribution in [2.45, 2.75) is 37.6 Å². The predicted molar refractivity (Wildman–Crippen MR) is 69.4 cm³/mol. The maximum Gasteiger partial charge on any atom is 0.483 e. The largest absolute Gasteiger partial charge is 0.483 e. The number of aliphatic hydroxyl groups is 3. The minimum Gasteiger partial charge on any atom is -0.394 e. The molecule has 0 aliphatic carbocycles. The third-order valence-corrected chi connectivity index (χ3v) is 4.85. The predicted octanol–water partition coefficient (Wildman–Crippen LogP) is -2.84. The Bertz CT molecular complexity index is 521. The number of amides is 1. The first kappa shape index (κ1) is 20.6. The van der Waals surface area contributed by atoms with Crippen molar-refractivity contribution in [3.8, 4) is 0 Å². The molecule has 13 nitrogen and oxygen atoms in total. The molecule has 0 spiro atoms. The van der Waals surface area contributed by atoms with Gasteiger partial charge in [-0.25, -0.2) is 9.13 Å². The van der Waals surface area contributed by atoms with Crippen LogP contribution in [0, 0.1) is 0 Å². The second-order valence-corrected chi connectivity index (χ2v) is 7.36. The highest BCUT2D eigenvalue weighted by atomic mass is 31.3. The van der Waals surface area contributed by atoms with Crippen LogP contribution in [-0.4, -0.2) is 73.2 Å².